The van der Waals surface area contributed by atoms with Crippen LogP contribution >= 0.6 is 0 Å². The average Bonchev–Trinajstić information content (AvgIpc) is 2.48. The van der Waals surface area contributed by atoms with Crippen LogP contribution in [0.5, 0.6) is 5.75 Å². The van der Waals surface area contributed by atoms with Crippen molar-refractivity contribution in [1.82, 2.24) is 0 Å². The van der Waals surface area contributed by atoms with Gasteiger partial charge in [0.15, 0.2) is 0 Å². The maximum Gasteiger partial charge on any atom is 0.326 e. The van der Waals surface area contributed by atoms with E-state index in [0.717, 1.165) is 0 Å². The molecule has 0 spiro atoms. The summed E-state index contributed by atoms with van der Waals surface area (Å²) < 4.78 is 0. The summed E-state index contributed by atoms with van der Waals surface area (Å²) >= 11 is 0. The number of nitrogens with zero attached hydrogens (tertiary/aromatic N) is 2. The van der Waals surface area contributed by atoms with Crippen LogP contribution in [0.2, 0.25) is 0 Å². The van der Waals surface area contributed by atoms with Gasteiger partial charge in [-0.15, -0.1) is 0 Å². The largest absolute Gasteiger partial charge is 0.508 e. The zero-order valence-corrected chi connectivity index (χ0v) is 10.9. The molecule has 0 atom stereocenters. The van der Waals surface area contributed by atoms with Gasteiger partial charge in [0.2, 0.25) is 0 Å². The first-order valence-electron chi connectivity index (χ1n) is 5.94. The number of carbonyl (C=O) groups excluding carboxylic acids is 1. The molecule has 0 bridgehead atoms. The van der Waals surface area contributed by atoms with Crippen molar-refractivity contribution in [3.8, 4) is 11.8 Å². The molecule has 100 valence electrons. The average molecular weight is 267 g/mol. The number of benzene rings is 2. The van der Waals surface area contributed by atoms with Crippen molar-refractivity contribution in [2.24, 2.45) is 0 Å². The summed E-state index contributed by atoms with van der Waals surface area (Å²) in [6, 6.07) is 14.6. The monoisotopic (exact) mass is 267 g/mol. The SMILES string of the molecule is CN(C(=O)Nc1ccc(C#N)cc1)c1ccc(O)cc1. The summed E-state index contributed by atoms with van der Waals surface area (Å²) in [5.74, 6) is 0.148. The third-order valence-electron chi connectivity index (χ3n) is 2.81. The molecule has 5 nitrogen and oxygen atoms in total. The molecule has 0 aliphatic rings. The molecule has 2 N–H and O–H groups in total. The Kier molecular flexibility index (Phi) is 3.87. The summed E-state index contributed by atoms with van der Waals surface area (Å²) in [6.07, 6.45) is 0. The minimum atomic E-state index is -0.305. The minimum Gasteiger partial charge on any atom is -0.508 e. The van der Waals surface area contributed by atoms with E-state index in [2.05, 4.69) is 5.32 Å². The number of nitriles is 1. The van der Waals surface area contributed by atoms with Gasteiger partial charge in [-0.1, -0.05) is 0 Å². The fourth-order valence-corrected chi connectivity index (χ4v) is 1.63. The number of phenols is 1. The number of hydrogen-bond acceptors (Lipinski definition) is 3. The van der Waals surface area contributed by atoms with Gasteiger partial charge in [-0.05, 0) is 48.5 Å². The number of phenolic OH excluding ortho intramolecular Hbond substituents is 1. The molecule has 2 rings (SSSR count). The second-order valence-corrected chi connectivity index (χ2v) is 4.19. The van der Waals surface area contributed by atoms with Crippen LogP contribution in [0.1, 0.15) is 5.56 Å². The number of anilines is 2. The first-order valence-corrected chi connectivity index (χ1v) is 5.94. The van der Waals surface area contributed by atoms with E-state index in [4.69, 9.17) is 5.26 Å². The van der Waals surface area contributed by atoms with Gasteiger partial charge in [-0.2, -0.15) is 5.26 Å². The Morgan fingerprint density at radius 2 is 1.75 bits per heavy atom. The summed E-state index contributed by atoms with van der Waals surface area (Å²) in [6.45, 7) is 0. The Labute approximate surface area is 116 Å². The number of urea groups is 1. The zero-order valence-electron chi connectivity index (χ0n) is 10.9. The van der Waals surface area contributed by atoms with Crippen LogP contribution in [0.3, 0.4) is 0 Å². The number of amides is 2. The van der Waals surface area contributed by atoms with Crippen LogP contribution < -0.4 is 10.2 Å². The Hall–Kier alpha value is -3.00. The first kappa shape index (κ1) is 13.4. The van der Waals surface area contributed by atoms with E-state index in [9.17, 15) is 9.90 Å². The fraction of sp³-hybridized carbons (Fsp3) is 0.0667. The normalized spacial score (nSPS) is 9.60. The maximum absolute atomic E-state index is 12.0. The van der Waals surface area contributed by atoms with Crippen LogP contribution in [-0.4, -0.2) is 18.2 Å². The third-order valence-corrected chi connectivity index (χ3v) is 2.81. The molecular formula is C15H13N3O2. The third kappa shape index (κ3) is 3.06. The summed E-state index contributed by atoms with van der Waals surface area (Å²) in [5, 5.41) is 20.6. The molecule has 2 amide bonds. The van der Waals surface area contributed by atoms with Crippen LogP contribution in [0, 0.1) is 11.3 Å². The predicted octanol–water partition coefficient (Wildman–Crippen LogP) is 2.93. The maximum atomic E-state index is 12.0. The lowest BCUT2D eigenvalue weighted by atomic mass is 10.2. The molecular weight excluding hydrogens is 254 g/mol. The molecule has 0 heterocycles. The molecule has 0 aliphatic heterocycles. The van der Waals surface area contributed by atoms with Gasteiger partial charge in [0.1, 0.15) is 5.75 Å². The van der Waals surface area contributed by atoms with Crippen molar-refractivity contribution in [2.75, 3.05) is 17.3 Å². The number of aromatic hydroxyl groups is 1. The fourth-order valence-electron chi connectivity index (χ4n) is 1.63. The molecule has 0 saturated carbocycles. The van der Waals surface area contributed by atoms with Crippen LogP contribution in [0.15, 0.2) is 48.5 Å². The highest BCUT2D eigenvalue weighted by atomic mass is 16.3. The van der Waals surface area contributed by atoms with E-state index in [-0.39, 0.29) is 11.8 Å². The van der Waals surface area contributed by atoms with E-state index in [1.807, 2.05) is 6.07 Å². The van der Waals surface area contributed by atoms with Gasteiger partial charge in [0.25, 0.3) is 0 Å². The smallest absolute Gasteiger partial charge is 0.326 e. The Morgan fingerprint density at radius 3 is 2.30 bits per heavy atom. The molecule has 0 unspecified atom stereocenters. The second-order valence-electron chi connectivity index (χ2n) is 4.19. The van der Waals surface area contributed by atoms with Crippen molar-refractivity contribution in [2.45, 2.75) is 0 Å². The standard InChI is InChI=1S/C15H13N3O2/c1-18(13-6-8-14(19)9-7-13)15(20)17-12-4-2-11(10-16)3-5-12/h2-9,19H,1H3,(H,17,20). The van der Waals surface area contributed by atoms with Crippen molar-refractivity contribution in [1.29, 1.82) is 5.26 Å². The van der Waals surface area contributed by atoms with E-state index < -0.39 is 0 Å². The lowest BCUT2D eigenvalue weighted by Crippen LogP contribution is -2.31. The van der Waals surface area contributed by atoms with Gasteiger partial charge >= 0.3 is 6.03 Å². The van der Waals surface area contributed by atoms with E-state index >= 15 is 0 Å². The lowest BCUT2D eigenvalue weighted by Gasteiger charge is -2.18. The van der Waals surface area contributed by atoms with Gasteiger partial charge in [0, 0.05) is 18.4 Å². The van der Waals surface area contributed by atoms with Crippen LogP contribution in [0.25, 0.3) is 0 Å². The highest BCUT2D eigenvalue weighted by Gasteiger charge is 2.10. The van der Waals surface area contributed by atoms with Crippen LogP contribution in [-0.2, 0) is 0 Å². The van der Waals surface area contributed by atoms with Gasteiger partial charge in [-0.3, -0.25) is 4.90 Å². The molecule has 20 heavy (non-hydrogen) atoms. The Balaban J connectivity index is 2.07. The zero-order chi connectivity index (χ0) is 14.5. The number of nitrogens with one attached hydrogen (secondary N) is 1. The Bertz CT molecular complexity index is 642. The molecule has 2 aromatic carbocycles. The van der Waals surface area contributed by atoms with Crippen molar-refractivity contribution in [3.63, 3.8) is 0 Å². The molecule has 5 heteroatoms. The van der Waals surface area contributed by atoms with Crippen molar-refractivity contribution in [3.05, 3.63) is 54.1 Å². The quantitative estimate of drug-likeness (QED) is 0.878. The Morgan fingerprint density at radius 1 is 1.15 bits per heavy atom. The van der Waals surface area contributed by atoms with Crippen molar-refractivity contribution < 1.29 is 9.90 Å². The van der Waals surface area contributed by atoms with Gasteiger partial charge < -0.3 is 10.4 Å². The number of hydrogen-bond donors (Lipinski definition) is 2. The second kappa shape index (κ2) is 5.76. The minimum absolute atomic E-state index is 0.148. The van der Waals surface area contributed by atoms with Crippen molar-refractivity contribution >= 4 is 17.4 Å². The molecule has 0 radical (unpaired) electrons. The van der Waals surface area contributed by atoms with Gasteiger partial charge in [-0.25, -0.2) is 4.79 Å². The molecule has 0 saturated heterocycles. The van der Waals surface area contributed by atoms with E-state index in [1.54, 1.807) is 43.4 Å². The highest BCUT2D eigenvalue weighted by molar-refractivity contribution is 6.01. The predicted molar refractivity (Wildman–Crippen MR) is 76.7 cm³/mol. The highest BCUT2D eigenvalue weighted by Crippen LogP contribution is 2.18. The number of carbonyl (C=O) groups is 1. The molecule has 0 aromatic heterocycles. The number of rotatable bonds is 2. The summed E-state index contributed by atoms with van der Waals surface area (Å²) in [4.78, 5) is 13.5. The first-order chi connectivity index (χ1) is 9.60. The molecule has 0 aliphatic carbocycles. The van der Waals surface area contributed by atoms with E-state index in [0.29, 0.717) is 16.9 Å². The van der Waals surface area contributed by atoms with E-state index in [1.165, 1.54) is 17.0 Å². The lowest BCUT2D eigenvalue weighted by molar-refractivity contribution is 0.258. The molecule has 2 aromatic rings. The summed E-state index contributed by atoms with van der Waals surface area (Å²) in [5.41, 5.74) is 1.81. The van der Waals surface area contributed by atoms with Crippen LogP contribution in [0.4, 0.5) is 16.2 Å². The molecule has 0 fully saturated rings. The summed E-state index contributed by atoms with van der Waals surface area (Å²) in [7, 11) is 1.63. The topological polar surface area (TPSA) is 76.4 Å². The van der Waals surface area contributed by atoms with Gasteiger partial charge in [0.05, 0.1) is 11.6 Å².